The predicted molar refractivity (Wildman–Crippen MR) is 96.0 cm³/mol. The Hall–Kier alpha value is -2.62. The molecule has 0 aliphatic rings. The molecule has 4 heteroatoms. The highest BCUT2D eigenvalue weighted by Crippen LogP contribution is 2.12. The molecule has 0 aromatic heterocycles. The first-order valence-electron chi connectivity index (χ1n) is 8.23. The van der Waals surface area contributed by atoms with E-state index in [9.17, 15) is 9.59 Å². The Balaban J connectivity index is 1.70. The molecule has 24 heavy (non-hydrogen) atoms. The van der Waals surface area contributed by atoms with Gasteiger partial charge in [0.2, 0.25) is 5.91 Å². The van der Waals surface area contributed by atoms with Crippen LogP contribution in [0, 0.1) is 6.92 Å². The monoisotopic (exact) mass is 324 g/mol. The zero-order chi connectivity index (χ0) is 17.4. The standard InChI is InChI=1S/C20H24N2O2/c1-15-8-6-7-11-18(15)20(24)21-13-12-19(23)22-14-16(2)17-9-4-3-5-10-17/h3-11,16H,12-14H2,1-2H3,(H,21,24)(H,22,23)/t16-/m0/s1. The number of hydrogen-bond donors (Lipinski definition) is 2. The highest BCUT2D eigenvalue weighted by atomic mass is 16.2. The number of aryl methyl sites for hydroxylation is 1. The van der Waals surface area contributed by atoms with Crippen LogP contribution in [0.3, 0.4) is 0 Å². The van der Waals surface area contributed by atoms with Gasteiger partial charge in [-0.15, -0.1) is 0 Å². The molecule has 0 saturated heterocycles. The molecule has 0 aliphatic heterocycles. The van der Waals surface area contributed by atoms with Crippen LogP contribution in [0.5, 0.6) is 0 Å². The van der Waals surface area contributed by atoms with E-state index in [1.165, 1.54) is 5.56 Å². The number of hydrogen-bond acceptors (Lipinski definition) is 2. The Morgan fingerprint density at radius 3 is 2.33 bits per heavy atom. The molecule has 0 fully saturated rings. The van der Waals surface area contributed by atoms with Gasteiger partial charge in [-0.2, -0.15) is 0 Å². The van der Waals surface area contributed by atoms with Crippen LogP contribution in [-0.4, -0.2) is 24.9 Å². The molecule has 0 unspecified atom stereocenters. The maximum Gasteiger partial charge on any atom is 0.251 e. The van der Waals surface area contributed by atoms with E-state index in [0.717, 1.165) is 5.56 Å². The van der Waals surface area contributed by atoms with E-state index in [1.54, 1.807) is 6.07 Å². The third-order valence-electron chi connectivity index (χ3n) is 4.00. The Morgan fingerprint density at radius 1 is 0.958 bits per heavy atom. The van der Waals surface area contributed by atoms with Crippen LogP contribution in [0.15, 0.2) is 54.6 Å². The average molecular weight is 324 g/mol. The molecule has 0 aliphatic carbocycles. The number of amides is 2. The molecule has 0 bridgehead atoms. The normalized spacial score (nSPS) is 11.6. The molecule has 0 spiro atoms. The van der Waals surface area contributed by atoms with Gasteiger partial charge in [0.1, 0.15) is 0 Å². The summed E-state index contributed by atoms with van der Waals surface area (Å²) in [5.74, 6) is 0.0677. The molecule has 0 heterocycles. The first kappa shape index (κ1) is 17.7. The topological polar surface area (TPSA) is 58.2 Å². The summed E-state index contributed by atoms with van der Waals surface area (Å²) < 4.78 is 0. The van der Waals surface area contributed by atoms with Gasteiger partial charge in [0.05, 0.1) is 0 Å². The molecule has 2 rings (SSSR count). The van der Waals surface area contributed by atoms with Gasteiger partial charge in [-0.3, -0.25) is 9.59 Å². The number of nitrogens with one attached hydrogen (secondary N) is 2. The van der Waals surface area contributed by atoms with Crippen molar-refractivity contribution >= 4 is 11.8 Å². The highest BCUT2D eigenvalue weighted by Gasteiger charge is 2.10. The summed E-state index contributed by atoms with van der Waals surface area (Å²) in [6.45, 7) is 4.90. The van der Waals surface area contributed by atoms with Gasteiger partial charge < -0.3 is 10.6 Å². The van der Waals surface area contributed by atoms with E-state index in [1.807, 2.05) is 43.3 Å². The fourth-order valence-corrected chi connectivity index (χ4v) is 2.47. The zero-order valence-corrected chi connectivity index (χ0v) is 14.2. The lowest BCUT2D eigenvalue weighted by Crippen LogP contribution is -2.32. The summed E-state index contributed by atoms with van der Waals surface area (Å²) in [4.78, 5) is 24.0. The summed E-state index contributed by atoms with van der Waals surface area (Å²) >= 11 is 0. The fraction of sp³-hybridized carbons (Fsp3) is 0.300. The van der Waals surface area contributed by atoms with Crippen LogP contribution in [0.4, 0.5) is 0 Å². The minimum Gasteiger partial charge on any atom is -0.355 e. The minimum absolute atomic E-state index is 0.0529. The smallest absolute Gasteiger partial charge is 0.251 e. The number of benzene rings is 2. The van der Waals surface area contributed by atoms with Gasteiger partial charge in [0.25, 0.3) is 5.91 Å². The van der Waals surface area contributed by atoms with E-state index in [-0.39, 0.29) is 24.2 Å². The summed E-state index contributed by atoms with van der Waals surface area (Å²) in [6, 6.07) is 17.5. The van der Waals surface area contributed by atoms with Crippen LogP contribution in [0.25, 0.3) is 0 Å². The van der Waals surface area contributed by atoms with Gasteiger partial charge in [-0.25, -0.2) is 0 Å². The average Bonchev–Trinajstić information content (AvgIpc) is 2.60. The SMILES string of the molecule is Cc1ccccc1C(=O)NCCC(=O)NC[C@H](C)c1ccccc1. The lowest BCUT2D eigenvalue weighted by Gasteiger charge is -2.13. The molecule has 2 aromatic carbocycles. The molecular formula is C20H24N2O2. The molecule has 1 atom stereocenters. The van der Waals surface area contributed by atoms with Crippen molar-refractivity contribution in [3.63, 3.8) is 0 Å². The van der Waals surface area contributed by atoms with Crippen LogP contribution in [-0.2, 0) is 4.79 Å². The first-order chi connectivity index (χ1) is 11.6. The molecular weight excluding hydrogens is 300 g/mol. The van der Waals surface area contributed by atoms with Crippen LogP contribution >= 0.6 is 0 Å². The van der Waals surface area contributed by atoms with Crippen LogP contribution in [0.1, 0.15) is 40.7 Å². The van der Waals surface area contributed by atoms with Crippen molar-refractivity contribution in [2.75, 3.05) is 13.1 Å². The van der Waals surface area contributed by atoms with Gasteiger partial charge in [0, 0.05) is 25.1 Å². The molecule has 2 amide bonds. The lowest BCUT2D eigenvalue weighted by molar-refractivity contribution is -0.121. The first-order valence-corrected chi connectivity index (χ1v) is 8.23. The lowest BCUT2D eigenvalue weighted by atomic mass is 10.0. The zero-order valence-electron chi connectivity index (χ0n) is 14.2. The summed E-state index contributed by atoms with van der Waals surface area (Å²) in [7, 11) is 0. The highest BCUT2D eigenvalue weighted by molar-refractivity contribution is 5.95. The third-order valence-corrected chi connectivity index (χ3v) is 4.00. The van der Waals surface area contributed by atoms with E-state index in [2.05, 4.69) is 29.7 Å². The van der Waals surface area contributed by atoms with Crippen LogP contribution in [0.2, 0.25) is 0 Å². The second kappa shape index (κ2) is 8.87. The van der Waals surface area contributed by atoms with Gasteiger partial charge in [-0.05, 0) is 30.0 Å². The van der Waals surface area contributed by atoms with Crippen molar-refractivity contribution in [3.8, 4) is 0 Å². The molecule has 126 valence electrons. The van der Waals surface area contributed by atoms with Crippen molar-refractivity contribution in [3.05, 3.63) is 71.3 Å². The van der Waals surface area contributed by atoms with Gasteiger partial charge >= 0.3 is 0 Å². The Labute approximate surface area is 143 Å². The fourth-order valence-electron chi connectivity index (χ4n) is 2.47. The van der Waals surface area contributed by atoms with Crippen molar-refractivity contribution in [2.24, 2.45) is 0 Å². The van der Waals surface area contributed by atoms with Crippen molar-refractivity contribution in [2.45, 2.75) is 26.2 Å². The maximum atomic E-state index is 12.1. The molecule has 2 aromatic rings. The number of rotatable bonds is 7. The van der Waals surface area contributed by atoms with Crippen molar-refractivity contribution < 1.29 is 9.59 Å². The second-order valence-corrected chi connectivity index (χ2v) is 5.94. The number of carbonyl (C=O) groups excluding carboxylic acids is 2. The molecule has 4 nitrogen and oxygen atoms in total. The van der Waals surface area contributed by atoms with E-state index in [0.29, 0.717) is 18.7 Å². The van der Waals surface area contributed by atoms with Crippen LogP contribution < -0.4 is 10.6 Å². The second-order valence-electron chi connectivity index (χ2n) is 5.94. The quantitative estimate of drug-likeness (QED) is 0.822. The van der Waals surface area contributed by atoms with E-state index in [4.69, 9.17) is 0 Å². The van der Waals surface area contributed by atoms with Gasteiger partial charge in [-0.1, -0.05) is 55.5 Å². The summed E-state index contributed by atoms with van der Waals surface area (Å²) in [6.07, 6.45) is 0.277. The maximum absolute atomic E-state index is 12.1. The summed E-state index contributed by atoms with van der Waals surface area (Å²) in [5.41, 5.74) is 2.78. The van der Waals surface area contributed by atoms with E-state index >= 15 is 0 Å². The number of carbonyl (C=O) groups is 2. The Morgan fingerprint density at radius 2 is 1.62 bits per heavy atom. The van der Waals surface area contributed by atoms with Crippen molar-refractivity contribution in [1.29, 1.82) is 0 Å². The Bertz CT molecular complexity index is 683. The third kappa shape index (κ3) is 5.23. The molecule has 0 saturated carbocycles. The van der Waals surface area contributed by atoms with Gasteiger partial charge in [0.15, 0.2) is 0 Å². The largest absolute Gasteiger partial charge is 0.355 e. The predicted octanol–water partition coefficient (Wildman–Crippen LogP) is 3.03. The summed E-state index contributed by atoms with van der Waals surface area (Å²) in [5, 5.41) is 5.71. The van der Waals surface area contributed by atoms with E-state index < -0.39 is 0 Å². The van der Waals surface area contributed by atoms with Crippen molar-refractivity contribution in [1.82, 2.24) is 10.6 Å². The Kier molecular flexibility index (Phi) is 6.55. The minimum atomic E-state index is -0.140. The molecule has 0 radical (unpaired) electrons. The molecule has 2 N–H and O–H groups in total.